The van der Waals surface area contributed by atoms with Gasteiger partial charge in [0.25, 0.3) is 6.43 Å². The quantitative estimate of drug-likeness (QED) is 0.582. The standard InChI is InChI=1S/C20H21F5N4/c1-19(2,3)10-29-9-13(15(26)18(21)22)12-5-4-11(8-14(12)29)16-17(20(23,24)25)28-7-6-27-16/h4-9,15,18H,10,26H2,1-3H3/t15-/m0/s1. The van der Waals surface area contributed by atoms with E-state index >= 15 is 0 Å². The van der Waals surface area contributed by atoms with E-state index in [1.165, 1.54) is 24.4 Å². The number of fused-ring (bicyclic) bond motifs is 1. The third-order valence-corrected chi connectivity index (χ3v) is 4.43. The van der Waals surface area contributed by atoms with Gasteiger partial charge in [-0.1, -0.05) is 32.9 Å². The number of aromatic nitrogens is 3. The number of halogens is 5. The van der Waals surface area contributed by atoms with Crippen molar-refractivity contribution in [3.63, 3.8) is 0 Å². The first-order valence-electron chi connectivity index (χ1n) is 8.93. The molecule has 1 aromatic carbocycles. The molecule has 0 amide bonds. The summed E-state index contributed by atoms with van der Waals surface area (Å²) in [4.78, 5) is 7.29. The van der Waals surface area contributed by atoms with Crippen molar-refractivity contribution in [2.45, 2.75) is 46.0 Å². The van der Waals surface area contributed by atoms with Gasteiger partial charge in [0.15, 0.2) is 5.69 Å². The van der Waals surface area contributed by atoms with E-state index < -0.39 is 24.3 Å². The molecular formula is C20H21F5N4. The molecule has 0 unspecified atom stereocenters. The Bertz CT molecular complexity index is 1020. The Balaban J connectivity index is 2.23. The van der Waals surface area contributed by atoms with E-state index in [9.17, 15) is 22.0 Å². The van der Waals surface area contributed by atoms with Crippen molar-refractivity contribution < 1.29 is 22.0 Å². The number of rotatable bonds is 4. The van der Waals surface area contributed by atoms with Crippen LogP contribution in [0.4, 0.5) is 22.0 Å². The molecule has 9 heteroatoms. The minimum atomic E-state index is -4.67. The molecule has 0 radical (unpaired) electrons. The van der Waals surface area contributed by atoms with Crippen LogP contribution in [0.25, 0.3) is 22.2 Å². The van der Waals surface area contributed by atoms with E-state index in [4.69, 9.17) is 5.73 Å². The van der Waals surface area contributed by atoms with Crippen LogP contribution < -0.4 is 5.73 Å². The largest absolute Gasteiger partial charge is 0.435 e. The van der Waals surface area contributed by atoms with Crippen molar-refractivity contribution in [3.8, 4) is 11.3 Å². The lowest BCUT2D eigenvalue weighted by Crippen LogP contribution is -2.19. The maximum Gasteiger partial charge on any atom is 0.435 e. The van der Waals surface area contributed by atoms with Crippen molar-refractivity contribution >= 4 is 10.9 Å². The lowest BCUT2D eigenvalue weighted by atomic mass is 9.97. The van der Waals surface area contributed by atoms with E-state index in [1.54, 1.807) is 10.8 Å². The minimum Gasteiger partial charge on any atom is -0.347 e. The van der Waals surface area contributed by atoms with E-state index in [1.807, 2.05) is 20.8 Å². The molecule has 0 saturated heterocycles. The van der Waals surface area contributed by atoms with Gasteiger partial charge in [-0.25, -0.2) is 13.8 Å². The summed E-state index contributed by atoms with van der Waals surface area (Å²) in [6.45, 7) is 6.38. The van der Waals surface area contributed by atoms with Gasteiger partial charge in [0.2, 0.25) is 0 Å². The number of nitrogens with zero attached hydrogens (tertiary/aromatic N) is 3. The second-order valence-electron chi connectivity index (χ2n) is 8.12. The Labute approximate surface area is 164 Å². The highest BCUT2D eigenvalue weighted by atomic mass is 19.4. The van der Waals surface area contributed by atoms with Crippen molar-refractivity contribution in [1.82, 2.24) is 14.5 Å². The maximum atomic E-state index is 13.3. The minimum absolute atomic E-state index is 0.197. The van der Waals surface area contributed by atoms with Crippen LogP contribution in [0.1, 0.15) is 38.1 Å². The van der Waals surface area contributed by atoms with Gasteiger partial charge in [-0.05, 0) is 11.5 Å². The number of alkyl halides is 5. The Kier molecular flexibility index (Phi) is 5.38. The van der Waals surface area contributed by atoms with Crippen LogP contribution in [0.15, 0.2) is 36.8 Å². The Hall–Kier alpha value is -2.55. The smallest absolute Gasteiger partial charge is 0.347 e. The Morgan fingerprint density at radius 2 is 1.72 bits per heavy atom. The van der Waals surface area contributed by atoms with Gasteiger partial charge in [0.1, 0.15) is 5.69 Å². The zero-order valence-electron chi connectivity index (χ0n) is 16.1. The Morgan fingerprint density at radius 1 is 1.07 bits per heavy atom. The van der Waals surface area contributed by atoms with Crippen LogP contribution in [0.3, 0.4) is 0 Å². The van der Waals surface area contributed by atoms with Crippen LogP contribution >= 0.6 is 0 Å². The number of hydrogen-bond donors (Lipinski definition) is 1. The molecule has 3 rings (SSSR count). The number of hydrogen-bond acceptors (Lipinski definition) is 3. The molecule has 0 aliphatic rings. The van der Waals surface area contributed by atoms with Gasteiger partial charge < -0.3 is 10.3 Å². The lowest BCUT2D eigenvalue weighted by Gasteiger charge is -2.20. The van der Waals surface area contributed by atoms with Crippen LogP contribution in [0, 0.1) is 5.41 Å². The van der Waals surface area contributed by atoms with Crippen LogP contribution in [-0.2, 0) is 12.7 Å². The molecule has 156 valence electrons. The molecule has 4 nitrogen and oxygen atoms in total. The highest BCUT2D eigenvalue weighted by molar-refractivity contribution is 5.88. The average Bonchev–Trinajstić information content (AvgIpc) is 2.96. The molecule has 0 spiro atoms. The average molecular weight is 412 g/mol. The molecule has 0 fully saturated rings. The second-order valence-corrected chi connectivity index (χ2v) is 8.12. The summed E-state index contributed by atoms with van der Waals surface area (Å²) in [7, 11) is 0. The molecule has 3 aromatic rings. The lowest BCUT2D eigenvalue weighted by molar-refractivity contribution is -0.140. The third-order valence-electron chi connectivity index (χ3n) is 4.43. The van der Waals surface area contributed by atoms with Gasteiger partial charge >= 0.3 is 6.18 Å². The molecule has 29 heavy (non-hydrogen) atoms. The van der Waals surface area contributed by atoms with Crippen molar-refractivity contribution in [3.05, 3.63) is 48.0 Å². The van der Waals surface area contributed by atoms with E-state index in [2.05, 4.69) is 9.97 Å². The van der Waals surface area contributed by atoms with Gasteiger partial charge in [0.05, 0.1) is 6.04 Å². The molecule has 2 N–H and O–H groups in total. The number of nitrogens with two attached hydrogens (primary N) is 1. The van der Waals surface area contributed by atoms with E-state index in [-0.39, 0.29) is 22.2 Å². The van der Waals surface area contributed by atoms with E-state index in [0.717, 1.165) is 6.20 Å². The van der Waals surface area contributed by atoms with Gasteiger partial charge in [0, 0.05) is 47.2 Å². The predicted molar refractivity (Wildman–Crippen MR) is 100 cm³/mol. The van der Waals surface area contributed by atoms with E-state index in [0.29, 0.717) is 17.4 Å². The zero-order chi connectivity index (χ0) is 21.6. The second kappa shape index (κ2) is 7.37. The molecule has 0 saturated carbocycles. The summed E-state index contributed by atoms with van der Waals surface area (Å²) in [5, 5.41) is 0.475. The van der Waals surface area contributed by atoms with Crippen molar-refractivity contribution in [2.24, 2.45) is 11.1 Å². The number of benzene rings is 1. The van der Waals surface area contributed by atoms with Gasteiger partial charge in [-0.2, -0.15) is 13.2 Å². The summed E-state index contributed by atoms with van der Waals surface area (Å²) < 4.78 is 68.3. The van der Waals surface area contributed by atoms with Crippen LogP contribution in [-0.4, -0.2) is 21.0 Å². The first-order valence-corrected chi connectivity index (χ1v) is 8.93. The highest BCUT2D eigenvalue weighted by Gasteiger charge is 2.36. The van der Waals surface area contributed by atoms with Crippen molar-refractivity contribution in [1.29, 1.82) is 0 Å². The molecule has 1 atom stereocenters. The highest BCUT2D eigenvalue weighted by Crippen LogP contribution is 2.37. The normalized spacial score (nSPS) is 14.0. The fourth-order valence-corrected chi connectivity index (χ4v) is 3.27. The van der Waals surface area contributed by atoms with Gasteiger partial charge in [-0.3, -0.25) is 4.98 Å². The fraction of sp³-hybridized carbons (Fsp3) is 0.400. The summed E-state index contributed by atoms with van der Waals surface area (Å²) in [5.74, 6) is 0. The SMILES string of the molecule is CC(C)(C)Cn1cc([C@H](N)C(F)F)c2ccc(-c3nccnc3C(F)(F)F)cc21. The zero-order valence-corrected chi connectivity index (χ0v) is 16.1. The monoisotopic (exact) mass is 412 g/mol. The third kappa shape index (κ3) is 4.39. The fourth-order valence-electron chi connectivity index (χ4n) is 3.27. The first kappa shape index (κ1) is 21.2. The molecule has 0 aliphatic heterocycles. The van der Waals surface area contributed by atoms with Crippen molar-refractivity contribution in [2.75, 3.05) is 0 Å². The van der Waals surface area contributed by atoms with Gasteiger partial charge in [-0.15, -0.1) is 0 Å². The van der Waals surface area contributed by atoms with Crippen LogP contribution in [0.5, 0.6) is 0 Å². The summed E-state index contributed by atoms with van der Waals surface area (Å²) in [5.41, 5.74) is 5.03. The molecule has 0 bridgehead atoms. The summed E-state index contributed by atoms with van der Waals surface area (Å²) in [6, 6.07) is 2.95. The maximum absolute atomic E-state index is 13.3. The molecule has 2 heterocycles. The Morgan fingerprint density at radius 3 is 2.31 bits per heavy atom. The molecule has 0 aliphatic carbocycles. The molecular weight excluding hydrogens is 391 g/mol. The summed E-state index contributed by atoms with van der Waals surface area (Å²) in [6.07, 6.45) is -3.72. The first-order chi connectivity index (χ1) is 13.4. The van der Waals surface area contributed by atoms with Crippen LogP contribution in [0.2, 0.25) is 0 Å². The summed E-state index contributed by atoms with van der Waals surface area (Å²) >= 11 is 0. The molecule has 2 aromatic heterocycles. The predicted octanol–water partition coefficient (Wildman–Crippen LogP) is 5.43. The topological polar surface area (TPSA) is 56.7 Å².